The third-order valence-corrected chi connectivity index (χ3v) is 10.7. The van der Waals surface area contributed by atoms with Crippen LogP contribution in [0.2, 0.25) is 5.02 Å². The van der Waals surface area contributed by atoms with E-state index in [0.717, 1.165) is 53.1 Å². The van der Waals surface area contributed by atoms with Gasteiger partial charge in [0.05, 0.1) is 24.0 Å². The molecule has 1 aromatic carbocycles. The lowest BCUT2D eigenvalue weighted by Crippen LogP contribution is -2.55. The summed E-state index contributed by atoms with van der Waals surface area (Å²) in [6, 6.07) is 6.81. The van der Waals surface area contributed by atoms with Gasteiger partial charge in [0.15, 0.2) is 0 Å². The van der Waals surface area contributed by atoms with Crippen molar-refractivity contribution < 1.29 is 19.4 Å². The number of carbonyl (C=O) groups excluding carboxylic acids is 1. The van der Waals surface area contributed by atoms with Crippen molar-refractivity contribution in [1.29, 1.82) is 0 Å². The maximum absolute atomic E-state index is 13.7. The Bertz CT molecular complexity index is 1370. The number of rotatable bonds is 8. The van der Waals surface area contributed by atoms with Gasteiger partial charge >= 0.3 is 5.97 Å². The van der Waals surface area contributed by atoms with E-state index in [4.69, 9.17) is 16.3 Å². The molecule has 2 aliphatic heterocycles. The Balaban J connectivity index is 1.16. The van der Waals surface area contributed by atoms with Gasteiger partial charge in [0.25, 0.3) is 5.91 Å². The number of hydrogen-bond donors (Lipinski definition) is 3. The van der Waals surface area contributed by atoms with Gasteiger partial charge < -0.3 is 30.3 Å². The first-order valence-corrected chi connectivity index (χ1v) is 16.0. The molecule has 1 aromatic heterocycles. The maximum Gasteiger partial charge on any atom is 0.338 e. The van der Waals surface area contributed by atoms with Crippen LogP contribution in [0.4, 0.5) is 5.69 Å². The van der Waals surface area contributed by atoms with E-state index in [1.807, 2.05) is 30.0 Å². The van der Waals surface area contributed by atoms with Crippen molar-refractivity contribution in [2.45, 2.75) is 89.0 Å². The summed E-state index contributed by atoms with van der Waals surface area (Å²) in [5, 5.41) is 19.0. The number of aromatic carboxylic acids is 1. The molecule has 0 radical (unpaired) electrons. The Hall–Kier alpha value is -2.75. The second kappa shape index (κ2) is 11.5. The Labute approximate surface area is 250 Å². The number of benzene rings is 1. The van der Waals surface area contributed by atoms with Crippen molar-refractivity contribution in [2.75, 3.05) is 25.5 Å². The second-order valence-corrected chi connectivity index (χ2v) is 13.3. The number of anilines is 1. The Morgan fingerprint density at radius 1 is 1.22 bits per heavy atom. The topological polar surface area (TPSA) is 94.1 Å². The van der Waals surface area contributed by atoms with Gasteiger partial charge in [-0.1, -0.05) is 18.0 Å². The van der Waals surface area contributed by atoms with Crippen LogP contribution in [0.25, 0.3) is 0 Å². The summed E-state index contributed by atoms with van der Waals surface area (Å²) < 4.78 is 6.36. The fourth-order valence-electron chi connectivity index (χ4n) is 6.86. The molecule has 3 N–H and O–H groups in total. The number of thiophene rings is 1. The largest absolute Gasteiger partial charge is 0.491 e. The quantitative estimate of drug-likeness (QED) is 0.349. The molecule has 2 aliphatic carbocycles. The molecule has 0 spiro atoms. The van der Waals surface area contributed by atoms with Crippen LogP contribution >= 0.6 is 22.9 Å². The number of carboxylic acids is 1. The summed E-state index contributed by atoms with van der Waals surface area (Å²) in [4.78, 5) is 30.9. The fraction of sp³-hybridized carbons (Fsp3) is 0.548. The Kier molecular flexibility index (Phi) is 7.96. The van der Waals surface area contributed by atoms with Crippen molar-refractivity contribution in [1.82, 2.24) is 15.1 Å². The van der Waals surface area contributed by atoms with Crippen molar-refractivity contribution in [3.63, 3.8) is 0 Å². The number of nitrogens with one attached hydrogen (secondary N) is 2. The summed E-state index contributed by atoms with van der Waals surface area (Å²) in [6.07, 6.45) is 7.36. The van der Waals surface area contributed by atoms with E-state index in [9.17, 15) is 14.7 Å². The molecule has 1 amide bonds. The molecule has 0 bridgehead atoms. The maximum atomic E-state index is 13.7. The third-order valence-electron chi connectivity index (χ3n) is 9.41. The molecule has 2 aromatic rings. The van der Waals surface area contributed by atoms with Crippen LogP contribution in [-0.2, 0) is 4.79 Å². The zero-order valence-corrected chi connectivity index (χ0v) is 25.5. The van der Waals surface area contributed by atoms with Crippen LogP contribution in [0, 0.1) is 0 Å². The summed E-state index contributed by atoms with van der Waals surface area (Å²) in [5.74, 6) is -0.134. The predicted molar refractivity (Wildman–Crippen MR) is 162 cm³/mol. The van der Waals surface area contributed by atoms with Gasteiger partial charge in [0.1, 0.15) is 12.4 Å². The highest BCUT2D eigenvalue weighted by Gasteiger charge is 2.38. The van der Waals surface area contributed by atoms with Crippen LogP contribution < -0.4 is 15.4 Å². The molecule has 10 heteroatoms. The number of allylic oxidation sites excluding steroid dienone is 1. The summed E-state index contributed by atoms with van der Waals surface area (Å²) >= 11 is 7.90. The SMILES string of the molecule is CC1CC(c2cc(Cl)ccc2OCCN2C(=O)C3=C(CCC(N(C)C4CCC4)C3)NC2C)c2scc(C(=O)O)c2N1. The molecule has 41 heavy (non-hydrogen) atoms. The van der Waals surface area contributed by atoms with E-state index >= 15 is 0 Å². The molecule has 3 heterocycles. The highest BCUT2D eigenvalue weighted by atomic mass is 35.5. The van der Waals surface area contributed by atoms with Crippen molar-refractivity contribution >= 4 is 40.5 Å². The highest BCUT2D eigenvalue weighted by Crippen LogP contribution is 2.47. The lowest BCUT2D eigenvalue weighted by molar-refractivity contribution is -0.131. The number of hydrogen-bond acceptors (Lipinski definition) is 7. The Morgan fingerprint density at radius 3 is 2.76 bits per heavy atom. The first-order valence-electron chi connectivity index (χ1n) is 14.8. The summed E-state index contributed by atoms with van der Waals surface area (Å²) in [7, 11) is 2.23. The van der Waals surface area contributed by atoms with Crippen LogP contribution in [0.5, 0.6) is 5.75 Å². The number of nitrogens with zero attached hydrogens (tertiary/aromatic N) is 2. The van der Waals surface area contributed by atoms with Crippen LogP contribution in [-0.4, -0.2) is 71.3 Å². The van der Waals surface area contributed by atoms with Crippen molar-refractivity contribution in [3.05, 3.63) is 55.9 Å². The standard InChI is InChI=1S/C31H39ClN4O4S/c1-17-13-23(29-28(33-17)25(16-41-29)31(38)39)22-14-19(32)7-10-27(22)40-12-11-36-18(2)34-26-9-8-21(15-24(26)30(36)37)35(3)20-5-4-6-20/h7,10,14,16-18,20-21,23,33-34H,4-6,8-9,11-13,15H2,1-3H3,(H,38,39). The number of amides is 1. The zero-order chi connectivity index (χ0) is 28.8. The molecule has 0 saturated heterocycles. The van der Waals surface area contributed by atoms with E-state index < -0.39 is 5.97 Å². The average Bonchev–Trinajstić information content (AvgIpc) is 3.33. The number of fused-ring (bicyclic) bond motifs is 1. The molecule has 1 saturated carbocycles. The summed E-state index contributed by atoms with van der Waals surface area (Å²) in [5.41, 5.74) is 3.98. The Morgan fingerprint density at radius 2 is 2.02 bits per heavy atom. The van der Waals surface area contributed by atoms with Gasteiger partial charge in [-0.2, -0.15) is 0 Å². The molecule has 4 atom stereocenters. The number of carboxylic acid groups (broad SMARTS) is 1. The van der Waals surface area contributed by atoms with Gasteiger partial charge in [0.2, 0.25) is 0 Å². The molecule has 6 rings (SSSR count). The minimum Gasteiger partial charge on any atom is -0.491 e. The highest BCUT2D eigenvalue weighted by molar-refractivity contribution is 7.11. The van der Waals surface area contributed by atoms with E-state index in [1.54, 1.807) is 5.38 Å². The molecule has 220 valence electrons. The van der Waals surface area contributed by atoms with Crippen molar-refractivity contribution in [2.24, 2.45) is 0 Å². The van der Waals surface area contributed by atoms with E-state index in [2.05, 4.69) is 29.5 Å². The smallest absolute Gasteiger partial charge is 0.338 e. The van der Waals surface area contributed by atoms with Crippen molar-refractivity contribution in [3.8, 4) is 5.75 Å². The number of halogens is 1. The fourth-order valence-corrected chi connectivity index (χ4v) is 8.18. The normalized spacial score (nSPS) is 26.2. The van der Waals surface area contributed by atoms with Gasteiger partial charge in [0, 0.05) is 56.2 Å². The van der Waals surface area contributed by atoms with Crippen LogP contribution in [0.15, 0.2) is 34.8 Å². The molecule has 4 aliphatic rings. The minimum atomic E-state index is -0.934. The third kappa shape index (κ3) is 5.44. The first kappa shape index (κ1) is 28.4. The molecule has 1 fully saturated rings. The minimum absolute atomic E-state index is 0.0372. The van der Waals surface area contributed by atoms with Crippen LogP contribution in [0.3, 0.4) is 0 Å². The van der Waals surface area contributed by atoms with E-state index in [0.29, 0.717) is 41.5 Å². The monoisotopic (exact) mass is 598 g/mol. The summed E-state index contributed by atoms with van der Waals surface area (Å²) in [6.45, 7) is 4.91. The number of carbonyl (C=O) groups is 2. The molecule has 8 nitrogen and oxygen atoms in total. The predicted octanol–water partition coefficient (Wildman–Crippen LogP) is 5.88. The second-order valence-electron chi connectivity index (χ2n) is 12.0. The van der Waals surface area contributed by atoms with Gasteiger partial charge in [-0.15, -0.1) is 11.3 Å². The molecular weight excluding hydrogens is 560 g/mol. The lowest BCUT2D eigenvalue weighted by atomic mass is 9.85. The van der Waals surface area contributed by atoms with Gasteiger partial charge in [-0.3, -0.25) is 4.79 Å². The van der Waals surface area contributed by atoms with Gasteiger partial charge in [-0.05, 0) is 77.6 Å². The average molecular weight is 599 g/mol. The zero-order valence-electron chi connectivity index (χ0n) is 23.9. The van der Waals surface area contributed by atoms with Crippen LogP contribution in [0.1, 0.15) is 85.5 Å². The van der Waals surface area contributed by atoms with E-state index in [-0.39, 0.29) is 24.0 Å². The first-order chi connectivity index (χ1) is 19.7. The van der Waals surface area contributed by atoms with E-state index in [1.165, 1.54) is 30.6 Å². The molecular formula is C31H39ClN4O4S. The van der Waals surface area contributed by atoms with Gasteiger partial charge in [-0.25, -0.2) is 4.79 Å². The number of ether oxygens (including phenoxy) is 1. The lowest BCUT2D eigenvalue weighted by Gasteiger charge is -2.45. The molecule has 4 unspecified atom stereocenters.